The molecular formula is C33H34F2N6O2. The molecule has 0 radical (unpaired) electrons. The number of nitrogens with zero attached hydrogens (tertiary/aromatic N) is 4. The molecule has 1 saturated carbocycles. The summed E-state index contributed by atoms with van der Waals surface area (Å²) in [5.74, 6) is 6.69. The average Bonchev–Trinajstić information content (AvgIpc) is 3.81. The number of hydrogen-bond donors (Lipinski definition) is 2. The minimum atomic E-state index is -1.05. The fourth-order valence-corrected chi connectivity index (χ4v) is 7.08. The van der Waals surface area contributed by atoms with Gasteiger partial charge in [-0.2, -0.15) is 0 Å². The standard InChI is InChI=1S/C33H34F2N6O2/c1-19-11-20(7-8-21-13-24-14-22(21)16-40(24)9-10-43-2)12-27(37-19)33(42)39-32(30-28-15-23(34)17-41(28)18-36-30)31-29(35)25-5-3-4-6-26(25)38-31/h3-6,11-12,18,21-24,32,38H,9-10,13-17H2,1-2H3,(H,39,42)/t21?,22-,23+,24+,32?/m0/s1. The Balaban J connectivity index is 1.15. The first-order chi connectivity index (χ1) is 20.9. The minimum absolute atomic E-state index is 0.152. The van der Waals surface area contributed by atoms with Crippen LogP contribution >= 0.6 is 0 Å². The van der Waals surface area contributed by atoms with Crippen LogP contribution in [0, 0.1) is 36.4 Å². The second kappa shape index (κ2) is 11.2. The molecule has 1 aromatic carbocycles. The van der Waals surface area contributed by atoms with Gasteiger partial charge >= 0.3 is 0 Å². The van der Waals surface area contributed by atoms with Crippen molar-refractivity contribution in [3.63, 3.8) is 0 Å². The third kappa shape index (κ3) is 5.21. The Morgan fingerprint density at radius 3 is 2.91 bits per heavy atom. The van der Waals surface area contributed by atoms with Gasteiger partial charge in [-0.15, -0.1) is 0 Å². The Labute approximate surface area is 248 Å². The number of piperidine rings is 1. The highest BCUT2D eigenvalue weighted by Crippen LogP contribution is 2.41. The van der Waals surface area contributed by atoms with Gasteiger partial charge in [0.2, 0.25) is 0 Å². The minimum Gasteiger partial charge on any atom is -0.383 e. The highest BCUT2D eigenvalue weighted by Gasteiger charge is 2.43. The van der Waals surface area contributed by atoms with Crippen molar-refractivity contribution in [3.8, 4) is 11.8 Å². The topological polar surface area (TPSA) is 88.1 Å². The molecule has 0 spiro atoms. The van der Waals surface area contributed by atoms with Crippen LogP contribution in [0.5, 0.6) is 0 Å². The number of methoxy groups -OCH3 is 1. The number of benzene rings is 1. The molecule has 7 rings (SSSR count). The number of rotatable bonds is 7. The lowest BCUT2D eigenvalue weighted by molar-refractivity contribution is 0.0936. The van der Waals surface area contributed by atoms with Gasteiger partial charge in [0, 0.05) is 66.4 Å². The lowest BCUT2D eigenvalue weighted by atomic mass is 9.95. The van der Waals surface area contributed by atoms with Gasteiger partial charge < -0.3 is 19.6 Å². The maximum atomic E-state index is 15.7. The first-order valence-corrected chi connectivity index (χ1v) is 14.9. The predicted octanol–water partition coefficient (Wildman–Crippen LogP) is 4.33. The van der Waals surface area contributed by atoms with Crippen molar-refractivity contribution >= 4 is 16.8 Å². The summed E-state index contributed by atoms with van der Waals surface area (Å²) in [7, 11) is 1.73. The molecule has 1 aliphatic carbocycles. The molecular weight excluding hydrogens is 550 g/mol. The van der Waals surface area contributed by atoms with Gasteiger partial charge in [0.15, 0.2) is 5.82 Å². The molecule has 3 aromatic heterocycles. The van der Waals surface area contributed by atoms with Crippen molar-refractivity contribution in [2.75, 3.05) is 26.8 Å². The number of hydrogen-bond acceptors (Lipinski definition) is 5. The van der Waals surface area contributed by atoms with Crippen LogP contribution in [0.15, 0.2) is 42.7 Å². The quantitative estimate of drug-likeness (QED) is 0.316. The summed E-state index contributed by atoms with van der Waals surface area (Å²) in [6, 6.07) is 10.2. The number of para-hydroxylation sites is 1. The summed E-state index contributed by atoms with van der Waals surface area (Å²) in [5.41, 5.74) is 3.39. The molecule has 2 fully saturated rings. The van der Waals surface area contributed by atoms with Gasteiger partial charge in [0.25, 0.3) is 5.91 Å². The molecule has 1 saturated heterocycles. The van der Waals surface area contributed by atoms with E-state index in [4.69, 9.17) is 4.74 Å². The zero-order valence-electron chi connectivity index (χ0n) is 24.2. The largest absolute Gasteiger partial charge is 0.383 e. The molecule has 3 aliphatic rings. The molecule has 8 nitrogen and oxygen atoms in total. The van der Waals surface area contributed by atoms with Crippen molar-refractivity contribution in [1.29, 1.82) is 0 Å². The third-order valence-corrected chi connectivity index (χ3v) is 9.12. The molecule has 1 amide bonds. The Kier molecular flexibility index (Phi) is 7.23. The number of likely N-dealkylation sites (tertiary alicyclic amines) is 1. The second-order valence-electron chi connectivity index (χ2n) is 12.0. The van der Waals surface area contributed by atoms with E-state index in [1.807, 2.05) is 19.1 Å². The number of pyridine rings is 1. The normalized spacial score (nSPS) is 23.3. The molecule has 5 atom stereocenters. The van der Waals surface area contributed by atoms with Crippen LogP contribution in [0.25, 0.3) is 10.9 Å². The molecule has 2 unspecified atom stereocenters. The average molecular weight is 585 g/mol. The molecule has 5 heterocycles. The van der Waals surface area contributed by atoms with Gasteiger partial charge in [-0.25, -0.2) is 18.7 Å². The van der Waals surface area contributed by atoms with Crippen molar-refractivity contribution in [3.05, 3.63) is 82.6 Å². The lowest BCUT2D eigenvalue weighted by Gasteiger charge is -2.29. The summed E-state index contributed by atoms with van der Waals surface area (Å²) in [6.45, 7) is 4.76. The van der Waals surface area contributed by atoms with E-state index in [-0.39, 0.29) is 24.4 Å². The zero-order chi connectivity index (χ0) is 29.7. The number of ether oxygens (including phenoxy) is 1. The monoisotopic (exact) mass is 584 g/mol. The number of nitrogens with one attached hydrogen (secondary N) is 2. The summed E-state index contributed by atoms with van der Waals surface area (Å²) in [4.78, 5) is 28.3. The number of aromatic amines is 1. The van der Waals surface area contributed by atoms with E-state index in [0.29, 0.717) is 51.4 Å². The van der Waals surface area contributed by atoms with Gasteiger partial charge in [-0.1, -0.05) is 24.0 Å². The maximum Gasteiger partial charge on any atom is 0.270 e. The number of halogens is 2. The number of alkyl halides is 1. The maximum absolute atomic E-state index is 15.7. The smallest absolute Gasteiger partial charge is 0.270 e. The summed E-state index contributed by atoms with van der Waals surface area (Å²) in [5, 5.41) is 3.37. The highest BCUT2D eigenvalue weighted by atomic mass is 19.1. The number of amides is 1. The number of carbonyl (C=O) groups excluding carboxylic acids is 1. The fraction of sp³-hybridized carbons (Fsp3) is 0.424. The van der Waals surface area contributed by atoms with Crippen LogP contribution in [0.2, 0.25) is 0 Å². The summed E-state index contributed by atoms with van der Waals surface area (Å²) < 4.78 is 37.0. The lowest BCUT2D eigenvalue weighted by Crippen LogP contribution is -2.37. The van der Waals surface area contributed by atoms with Crippen molar-refractivity contribution < 1.29 is 18.3 Å². The molecule has 222 valence electrons. The number of carbonyl (C=O) groups is 1. The van der Waals surface area contributed by atoms with E-state index < -0.39 is 23.9 Å². The Morgan fingerprint density at radius 2 is 2.12 bits per heavy atom. The highest BCUT2D eigenvalue weighted by molar-refractivity contribution is 5.93. The number of imidazole rings is 1. The van der Waals surface area contributed by atoms with E-state index in [9.17, 15) is 9.18 Å². The third-order valence-electron chi connectivity index (χ3n) is 9.12. The van der Waals surface area contributed by atoms with Gasteiger partial charge in [0.05, 0.1) is 30.9 Å². The molecule has 2 bridgehead atoms. The summed E-state index contributed by atoms with van der Waals surface area (Å²) >= 11 is 0. The van der Waals surface area contributed by atoms with Crippen LogP contribution in [-0.4, -0.2) is 69.3 Å². The number of H-pyrrole nitrogens is 1. The van der Waals surface area contributed by atoms with Crippen LogP contribution in [-0.2, 0) is 17.7 Å². The van der Waals surface area contributed by atoms with Crippen molar-refractivity contribution in [2.24, 2.45) is 11.8 Å². The van der Waals surface area contributed by atoms with Crippen molar-refractivity contribution in [1.82, 2.24) is 29.7 Å². The second-order valence-corrected chi connectivity index (χ2v) is 12.0. The predicted molar refractivity (Wildman–Crippen MR) is 158 cm³/mol. The van der Waals surface area contributed by atoms with E-state index in [1.54, 1.807) is 42.3 Å². The molecule has 2 N–H and O–H groups in total. The van der Waals surface area contributed by atoms with E-state index in [2.05, 4.69) is 37.0 Å². The number of aromatic nitrogens is 4. The fourth-order valence-electron chi connectivity index (χ4n) is 7.08. The van der Waals surface area contributed by atoms with Crippen LogP contribution in [0.4, 0.5) is 8.78 Å². The Morgan fingerprint density at radius 1 is 1.26 bits per heavy atom. The van der Waals surface area contributed by atoms with E-state index >= 15 is 4.39 Å². The van der Waals surface area contributed by atoms with Crippen molar-refractivity contribution in [2.45, 2.75) is 51.0 Å². The molecule has 10 heteroatoms. The van der Waals surface area contributed by atoms with Gasteiger partial charge in [-0.3, -0.25) is 9.69 Å². The van der Waals surface area contributed by atoms with Crippen LogP contribution < -0.4 is 5.32 Å². The number of aryl methyl sites for hydroxylation is 1. The molecule has 43 heavy (non-hydrogen) atoms. The molecule has 2 aliphatic heterocycles. The van der Waals surface area contributed by atoms with Gasteiger partial charge in [0.1, 0.15) is 17.9 Å². The summed E-state index contributed by atoms with van der Waals surface area (Å²) in [6.07, 6.45) is 2.86. The first-order valence-electron chi connectivity index (χ1n) is 14.9. The van der Waals surface area contributed by atoms with Gasteiger partial charge in [-0.05, 0) is 49.9 Å². The number of fused-ring (bicyclic) bond motifs is 4. The zero-order valence-corrected chi connectivity index (χ0v) is 24.2. The van der Waals surface area contributed by atoms with E-state index in [0.717, 1.165) is 26.1 Å². The van der Waals surface area contributed by atoms with Crippen LogP contribution in [0.1, 0.15) is 57.7 Å². The van der Waals surface area contributed by atoms with E-state index in [1.165, 1.54) is 6.42 Å². The molecule has 4 aromatic rings. The Bertz CT molecular complexity index is 1750. The Hall–Kier alpha value is -4.07. The SMILES string of the molecule is COCCN1C[C@@H]2C[C@H]1CC2C#Cc1cc(C)nc(C(=O)NC(c2ncn3c2C[C@@H](F)C3)c2[nH]c3ccccc3c2F)c1. The first kappa shape index (κ1) is 27.7. The van der Waals surface area contributed by atoms with Crippen LogP contribution in [0.3, 0.4) is 0 Å².